The number of carbonyl (C=O) groups is 2. The van der Waals surface area contributed by atoms with Crippen LogP contribution in [0.1, 0.15) is 19.8 Å². The Morgan fingerprint density at radius 1 is 1.09 bits per heavy atom. The third kappa shape index (κ3) is 4.90. The molecule has 0 N–H and O–H groups in total. The Hall–Kier alpha value is -0.443. The minimum Gasteiger partial charge on any atom is -0.305 e. The van der Waals surface area contributed by atoms with Crippen LogP contribution in [0, 0.1) is 0 Å². The summed E-state index contributed by atoms with van der Waals surface area (Å²) in [4.78, 5) is 21.8. The van der Waals surface area contributed by atoms with Crippen molar-refractivity contribution in [1.29, 1.82) is 0 Å². The van der Waals surface area contributed by atoms with Crippen molar-refractivity contribution in [2.24, 2.45) is 0 Å². The molecular formula is C8H16O2Si. The van der Waals surface area contributed by atoms with E-state index in [1.165, 1.54) is 6.92 Å². The van der Waals surface area contributed by atoms with Crippen molar-refractivity contribution in [2.75, 3.05) is 0 Å². The average Bonchev–Trinajstić information content (AvgIpc) is 1.80. The Kier molecular flexibility index (Phi) is 3.65. The molecule has 0 aliphatic carbocycles. The number of ketones is 1. The first-order chi connectivity index (χ1) is 4.84. The molecule has 0 amide bonds. The summed E-state index contributed by atoms with van der Waals surface area (Å²) in [6, 6.07) is 0. The summed E-state index contributed by atoms with van der Waals surface area (Å²) < 4.78 is 0. The lowest BCUT2D eigenvalue weighted by atomic mass is 10.2. The molecule has 0 fully saturated rings. The molecule has 0 heterocycles. The number of Topliss-reactive ketones (excluding diaryl/α,β-unsaturated/α-hetero) is 1. The second-order valence-electron chi connectivity index (χ2n) is 3.88. The van der Waals surface area contributed by atoms with Crippen LogP contribution in [-0.4, -0.2) is 19.3 Å². The fourth-order valence-corrected chi connectivity index (χ4v) is 1.54. The van der Waals surface area contributed by atoms with Crippen LogP contribution >= 0.6 is 0 Å². The first-order valence-electron chi connectivity index (χ1n) is 3.87. The van der Waals surface area contributed by atoms with Crippen molar-refractivity contribution in [3.63, 3.8) is 0 Å². The van der Waals surface area contributed by atoms with Crippen molar-refractivity contribution in [3.05, 3.63) is 0 Å². The van der Waals surface area contributed by atoms with E-state index in [-0.39, 0.29) is 5.78 Å². The van der Waals surface area contributed by atoms with Crippen LogP contribution in [-0.2, 0) is 9.59 Å². The van der Waals surface area contributed by atoms with E-state index in [0.717, 1.165) is 0 Å². The molecule has 64 valence electrons. The van der Waals surface area contributed by atoms with E-state index in [9.17, 15) is 9.59 Å². The van der Waals surface area contributed by atoms with E-state index in [0.29, 0.717) is 18.2 Å². The molecule has 0 saturated carbocycles. The lowest BCUT2D eigenvalue weighted by Crippen LogP contribution is -2.33. The third-order valence-electron chi connectivity index (χ3n) is 1.54. The van der Waals surface area contributed by atoms with Crippen molar-refractivity contribution < 1.29 is 9.59 Å². The summed E-state index contributed by atoms with van der Waals surface area (Å²) in [6.07, 6.45) is 0.869. The van der Waals surface area contributed by atoms with Crippen LogP contribution in [0.4, 0.5) is 0 Å². The largest absolute Gasteiger partial charge is 0.305 e. The zero-order valence-electron chi connectivity index (χ0n) is 7.73. The molecule has 0 unspecified atom stereocenters. The Morgan fingerprint density at radius 3 is 1.82 bits per heavy atom. The first kappa shape index (κ1) is 10.6. The van der Waals surface area contributed by atoms with Gasteiger partial charge in [0.25, 0.3) is 0 Å². The van der Waals surface area contributed by atoms with Crippen molar-refractivity contribution in [1.82, 2.24) is 0 Å². The summed E-state index contributed by atoms with van der Waals surface area (Å²) in [5.74, 6) is 0.108. The van der Waals surface area contributed by atoms with Crippen LogP contribution in [0.3, 0.4) is 0 Å². The van der Waals surface area contributed by atoms with E-state index >= 15 is 0 Å². The molecule has 0 rings (SSSR count). The Labute approximate surface area is 69.0 Å². The molecule has 0 bridgehead atoms. The van der Waals surface area contributed by atoms with Gasteiger partial charge in [-0.25, -0.2) is 0 Å². The van der Waals surface area contributed by atoms with E-state index in [4.69, 9.17) is 0 Å². The average molecular weight is 172 g/mol. The van der Waals surface area contributed by atoms with Crippen molar-refractivity contribution in [3.8, 4) is 0 Å². The third-order valence-corrected chi connectivity index (χ3v) is 3.46. The maximum Gasteiger partial charge on any atom is 0.130 e. The van der Waals surface area contributed by atoms with Gasteiger partial charge in [-0.15, -0.1) is 0 Å². The highest BCUT2D eigenvalue weighted by molar-refractivity contribution is 7.03. The van der Waals surface area contributed by atoms with Gasteiger partial charge in [-0.1, -0.05) is 19.6 Å². The molecule has 2 nitrogen and oxygen atoms in total. The zero-order chi connectivity index (χ0) is 9.07. The summed E-state index contributed by atoms with van der Waals surface area (Å²) in [6.45, 7) is 7.55. The minimum absolute atomic E-state index is 0.108. The fourth-order valence-electron chi connectivity index (χ4n) is 0.665. The lowest BCUT2D eigenvalue weighted by Gasteiger charge is -2.12. The summed E-state index contributed by atoms with van der Waals surface area (Å²) in [5.41, 5.74) is 0. The Balaban J connectivity index is 3.80. The lowest BCUT2D eigenvalue weighted by molar-refractivity contribution is -0.120. The molecular weight excluding hydrogens is 156 g/mol. The number of hydrogen-bond donors (Lipinski definition) is 0. The number of rotatable bonds is 4. The van der Waals surface area contributed by atoms with Gasteiger partial charge >= 0.3 is 0 Å². The monoisotopic (exact) mass is 172 g/mol. The first-order valence-corrected chi connectivity index (χ1v) is 7.37. The predicted octanol–water partition coefficient (Wildman–Crippen LogP) is 1.80. The number of hydrogen-bond acceptors (Lipinski definition) is 2. The molecule has 0 aliphatic heterocycles. The highest BCUT2D eigenvalue weighted by Crippen LogP contribution is 2.06. The summed E-state index contributed by atoms with van der Waals surface area (Å²) in [5, 5.41) is 0.299. The van der Waals surface area contributed by atoms with Gasteiger partial charge < -0.3 is 9.59 Å². The molecule has 0 aromatic heterocycles. The molecule has 0 aliphatic rings. The van der Waals surface area contributed by atoms with Gasteiger partial charge in [-0.3, -0.25) is 0 Å². The van der Waals surface area contributed by atoms with Gasteiger partial charge in [0.2, 0.25) is 0 Å². The van der Waals surface area contributed by atoms with Crippen molar-refractivity contribution >= 4 is 19.3 Å². The topological polar surface area (TPSA) is 34.1 Å². The number of carbonyl (C=O) groups excluding carboxylic acids is 2. The normalized spacial score (nSPS) is 11.3. The molecule has 0 radical (unpaired) electrons. The van der Waals surface area contributed by atoms with Crippen molar-refractivity contribution in [2.45, 2.75) is 39.4 Å². The maximum atomic E-state index is 11.3. The SMILES string of the molecule is CC(=O)CCC(=O)[Si](C)(C)C. The van der Waals surface area contributed by atoms with Gasteiger partial charge in [0.1, 0.15) is 19.3 Å². The van der Waals surface area contributed by atoms with Gasteiger partial charge in [-0.2, -0.15) is 0 Å². The minimum atomic E-state index is -1.62. The fraction of sp³-hybridized carbons (Fsp3) is 0.750. The molecule has 0 saturated heterocycles. The maximum absolute atomic E-state index is 11.3. The second kappa shape index (κ2) is 3.81. The summed E-state index contributed by atoms with van der Waals surface area (Å²) >= 11 is 0. The highest BCUT2D eigenvalue weighted by Gasteiger charge is 2.23. The highest BCUT2D eigenvalue weighted by atomic mass is 28.3. The van der Waals surface area contributed by atoms with Gasteiger partial charge in [-0.05, 0) is 6.92 Å². The molecule has 0 aromatic rings. The van der Waals surface area contributed by atoms with Crippen LogP contribution in [0.15, 0.2) is 0 Å². The Morgan fingerprint density at radius 2 is 1.55 bits per heavy atom. The van der Waals surface area contributed by atoms with Gasteiger partial charge in [0.15, 0.2) is 0 Å². The zero-order valence-corrected chi connectivity index (χ0v) is 8.73. The summed E-state index contributed by atoms with van der Waals surface area (Å²) in [7, 11) is -1.62. The Bertz CT molecular complexity index is 167. The predicted molar refractivity (Wildman–Crippen MR) is 48.3 cm³/mol. The van der Waals surface area contributed by atoms with Gasteiger partial charge in [0.05, 0.1) is 0 Å². The van der Waals surface area contributed by atoms with E-state index in [1.54, 1.807) is 0 Å². The van der Waals surface area contributed by atoms with E-state index < -0.39 is 8.07 Å². The molecule has 0 atom stereocenters. The molecule has 0 aromatic carbocycles. The smallest absolute Gasteiger partial charge is 0.130 e. The van der Waals surface area contributed by atoms with E-state index in [1.807, 2.05) is 19.6 Å². The second-order valence-corrected chi connectivity index (χ2v) is 8.93. The molecule has 0 spiro atoms. The molecule has 3 heteroatoms. The van der Waals surface area contributed by atoms with E-state index in [2.05, 4.69) is 0 Å². The molecule has 11 heavy (non-hydrogen) atoms. The van der Waals surface area contributed by atoms with Crippen LogP contribution in [0.2, 0.25) is 19.6 Å². The van der Waals surface area contributed by atoms with Gasteiger partial charge in [0, 0.05) is 12.8 Å². The van der Waals surface area contributed by atoms with Crippen LogP contribution in [0.5, 0.6) is 0 Å². The standard InChI is InChI=1S/C8H16O2Si/c1-7(9)5-6-8(10)11(2,3)4/h5-6H2,1-4H3. The van der Waals surface area contributed by atoms with Crippen LogP contribution < -0.4 is 0 Å². The quantitative estimate of drug-likeness (QED) is 0.606. The van der Waals surface area contributed by atoms with Crippen LogP contribution in [0.25, 0.3) is 0 Å².